The van der Waals surface area contributed by atoms with Gasteiger partial charge in [-0.05, 0) is 50.1 Å². The summed E-state index contributed by atoms with van der Waals surface area (Å²) in [7, 11) is 0. The lowest BCUT2D eigenvalue weighted by atomic mass is 10.1. The standard InChI is InChI=1S/C23H28N6O/c1-4-24-23(27-15-20-12-19-7-5-6-8-21(19)30-20)26-14-18-9-10-22(25-13-18)29-17(3)11-16(2)28-29/h5-11,13,20H,4,12,14-15H2,1-3H3,(H2,24,26,27). The van der Waals surface area contributed by atoms with E-state index < -0.39 is 0 Å². The molecule has 1 unspecified atom stereocenters. The summed E-state index contributed by atoms with van der Waals surface area (Å²) in [6.07, 6.45) is 2.89. The number of aromatic nitrogens is 3. The Morgan fingerprint density at radius 1 is 1.20 bits per heavy atom. The van der Waals surface area contributed by atoms with Crippen molar-refractivity contribution in [1.82, 2.24) is 25.4 Å². The van der Waals surface area contributed by atoms with Crippen LogP contribution in [0.15, 0.2) is 53.7 Å². The quantitative estimate of drug-likeness (QED) is 0.488. The summed E-state index contributed by atoms with van der Waals surface area (Å²) in [5, 5.41) is 11.2. The Bertz CT molecular complexity index is 999. The lowest BCUT2D eigenvalue weighted by Gasteiger charge is -2.15. The van der Waals surface area contributed by atoms with Crippen molar-refractivity contribution in [2.75, 3.05) is 13.1 Å². The number of pyridine rings is 1. The number of guanidine groups is 1. The molecule has 7 nitrogen and oxygen atoms in total. The van der Waals surface area contributed by atoms with Gasteiger partial charge >= 0.3 is 0 Å². The summed E-state index contributed by atoms with van der Waals surface area (Å²) in [6.45, 7) is 8.12. The first-order valence-corrected chi connectivity index (χ1v) is 10.4. The van der Waals surface area contributed by atoms with E-state index in [1.807, 2.05) is 55.1 Å². The molecule has 1 aromatic carbocycles. The van der Waals surface area contributed by atoms with Crippen molar-refractivity contribution in [2.45, 2.75) is 39.8 Å². The highest BCUT2D eigenvalue weighted by Gasteiger charge is 2.22. The van der Waals surface area contributed by atoms with Gasteiger partial charge in [0, 0.05) is 24.9 Å². The molecule has 156 valence electrons. The van der Waals surface area contributed by atoms with Crippen LogP contribution in [0.2, 0.25) is 0 Å². The molecular formula is C23H28N6O. The molecule has 7 heteroatoms. The number of ether oxygens (including phenoxy) is 1. The molecule has 0 amide bonds. The van der Waals surface area contributed by atoms with Gasteiger partial charge < -0.3 is 15.4 Å². The maximum absolute atomic E-state index is 6.00. The summed E-state index contributed by atoms with van der Waals surface area (Å²) < 4.78 is 7.86. The van der Waals surface area contributed by atoms with Gasteiger partial charge in [-0.2, -0.15) is 5.10 Å². The number of benzene rings is 1. The van der Waals surface area contributed by atoms with Gasteiger partial charge in [0.15, 0.2) is 11.8 Å². The van der Waals surface area contributed by atoms with E-state index in [-0.39, 0.29) is 6.10 Å². The second kappa shape index (κ2) is 8.98. The van der Waals surface area contributed by atoms with Crippen molar-refractivity contribution in [2.24, 2.45) is 4.99 Å². The van der Waals surface area contributed by atoms with Crippen LogP contribution >= 0.6 is 0 Å². The summed E-state index contributed by atoms with van der Waals surface area (Å²) in [5.74, 6) is 2.58. The van der Waals surface area contributed by atoms with Crippen LogP contribution in [-0.4, -0.2) is 39.9 Å². The summed E-state index contributed by atoms with van der Waals surface area (Å²) in [4.78, 5) is 9.24. The number of para-hydroxylation sites is 1. The minimum atomic E-state index is 0.118. The second-order valence-corrected chi connectivity index (χ2v) is 7.49. The van der Waals surface area contributed by atoms with Gasteiger partial charge in [0.25, 0.3) is 0 Å². The summed E-state index contributed by atoms with van der Waals surface area (Å²) in [5.41, 5.74) is 4.36. The Morgan fingerprint density at radius 3 is 2.77 bits per heavy atom. The highest BCUT2D eigenvalue weighted by atomic mass is 16.5. The molecule has 3 aromatic rings. The smallest absolute Gasteiger partial charge is 0.191 e. The van der Waals surface area contributed by atoms with Crippen LogP contribution < -0.4 is 15.4 Å². The Kier molecular flexibility index (Phi) is 5.97. The zero-order valence-electron chi connectivity index (χ0n) is 17.7. The largest absolute Gasteiger partial charge is 0.488 e. The molecule has 0 spiro atoms. The molecule has 0 saturated carbocycles. The zero-order chi connectivity index (χ0) is 20.9. The minimum absolute atomic E-state index is 0.118. The molecule has 2 N–H and O–H groups in total. The van der Waals surface area contributed by atoms with Gasteiger partial charge in [0.05, 0.1) is 18.8 Å². The molecule has 0 bridgehead atoms. The molecule has 0 radical (unpaired) electrons. The second-order valence-electron chi connectivity index (χ2n) is 7.49. The normalized spacial score (nSPS) is 15.6. The number of aliphatic imine (C=N–C) groups is 1. The Labute approximate surface area is 177 Å². The van der Waals surface area contributed by atoms with Gasteiger partial charge in [0.1, 0.15) is 11.9 Å². The predicted molar refractivity (Wildman–Crippen MR) is 118 cm³/mol. The van der Waals surface area contributed by atoms with Crippen LogP contribution in [-0.2, 0) is 13.0 Å². The number of nitrogens with zero attached hydrogens (tertiary/aromatic N) is 4. The van der Waals surface area contributed by atoms with Crippen molar-refractivity contribution in [3.05, 3.63) is 71.2 Å². The summed E-state index contributed by atoms with van der Waals surface area (Å²) in [6, 6.07) is 14.3. The Balaban J connectivity index is 1.35. The van der Waals surface area contributed by atoms with E-state index in [1.165, 1.54) is 5.56 Å². The van der Waals surface area contributed by atoms with E-state index in [4.69, 9.17) is 9.73 Å². The molecule has 1 atom stereocenters. The van der Waals surface area contributed by atoms with Gasteiger partial charge in [-0.25, -0.2) is 14.7 Å². The molecule has 3 heterocycles. The van der Waals surface area contributed by atoms with Crippen LogP contribution in [0.1, 0.15) is 29.4 Å². The maximum Gasteiger partial charge on any atom is 0.191 e. The zero-order valence-corrected chi connectivity index (χ0v) is 17.7. The Hall–Kier alpha value is -3.35. The first kappa shape index (κ1) is 19.9. The van der Waals surface area contributed by atoms with E-state index >= 15 is 0 Å². The highest BCUT2D eigenvalue weighted by molar-refractivity contribution is 5.79. The third-order valence-electron chi connectivity index (χ3n) is 5.01. The van der Waals surface area contributed by atoms with Crippen LogP contribution in [0.5, 0.6) is 5.75 Å². The van der Waals surface area contributed by atoms with Crippen LogP contribution in [0.3, 0.4) is 0 Å². The van der Waals surface area contributed by atoms with Crippen LogP contribution in [0.4, 0.5) is 0 Å². The van der Waals surface area contributed by atoms with Crippen molar-refractivity contribution in [3.63, 3.8) is 0 Å². The van der Waals surface area contributed by atoms with E-state index in [0.717, 1.165) is 47.4 Å². The number of aryl methyl sites for hydroxylation is 2. The van der Waals surface area contributed by atoms with Gasteiger partial charge in [-0.1, -0.05) is 24.3 Å². The lowest BCUT2D eigenvalue weighted by molar-refractivity contribution is 0.235. The molecular weight excluding hydrogens is 376 g/mol. The average Bonchev–Trinajstić information content (AvgIpc) is 3.32. The highest BCUT2D eigenvalue weighted by Crippen LogP contribution is 2.27. The monoisotopic (exact) mass is 404 g/mol. The number of hydrogen-bond acceptors (Lipinski definition) is 4. The van der Waals surface area contributed by atoms with E-state index in [1.54, 1.807) is 0 Å². The number of fused-ring (bicyclic) bond motifs is 1. The Morgan fingerprint density at radius 2 is 2.07 bits per heavy atom. The van der Waals surface area contributed by atoms with E-state index in [9.17, 15) is 0 Å². The van der Waals surface area contributed by atoms with E-state index in [0.29, 0.717) is 13.1 Å². The molecule has 1 aliphatic rings. The molecule has 2 aromatic heterocycles. The fourth-order valence-corrected chi connectivity index (χ4v) is 3.59. The molecule has 1 aliphatic heterocycles. The SMILES string of the molecule is CCNC(=NCc1ccc(-n2nc(C)cc2C)nc1)NCC1Cc2ccccc2O1. The number of nitrogens with one attached hydrogen (secondary N) is 2. The van der Waals surface area contributed by atoms with Crippen LogP contribution in [0.25, 0.3) is 5.82 Å². The minimum Gasteiger partial charge on any atom is -0.488 e. The fourth-order valence-electron chi connectivity index (χ4n) is 3.59. The lowest BCUT2D eigenvalue weighted by Crippen LogP contribution is -2.42. The number of rotatable bonds is 6. The van der Waals surface area contributed by atoms with Crippen molar-refractivity contribution >= 4 is 5.96 Å². The van der Waals surface area contributed by atoms with E-state index in [2.05, 4.69) is 39.8 Å². The first-order chi connectivity index (χ1) is 14.6. The van der Waals surface area contributed by atoms with Crippen molar-refractivity contribution < 1.29 is 4.74 Å². The molecule has 4 rings (SSSR count). The molecule has 0 aliphatic carbocycles. The molecule has 0 fully saturated rings. The van der Waals surface area contributed by atoms with Crippen LogP contribution in [0, 0.1) is 13.8 Å². The third kappa shape index (κ3) is 4.62. The summed E-state index contributed by atoms with van der Waals surface area (Å²) >= 11 is 0. The van der Waals surface area contributed by atoms with Crippen molar-refractivity contribution in [1.29, 1.82) is 0 Å². The van der Waals surface area contributed by atoms with Gasteiger partial charge in [-0.15, -0.1) is 0 Å². The fraction of sp³-hybridized carbons (Fsp3) is 0.348. The number of hydrogen-bond donors (Lipinski definition) is 2. The first-order valence-electron chi connectivity index (χ1n) is 10.4. The third-order valence-corrected chi connectivity index (χ3v) is 5.01. The van der Waals surface area contributed by atoms with Gasteiger partial charge in [0.2, 0.25) is 0 Å². The molecule has 0 saturated heterocycles. The van der Waals surface area contributed by atoms with Crippen molar-refractivity contribution in [3.8, 4) is 11.6 Å². The maximum atomic E-state index is 6.00. The van der Waals surface area contributed by atoms with Gasteiger partial charge in [-0.3, -0.25) is 0 Å². The molecule has 30 heavy (non-hydrogen) atoms. The predicted octanol–water partition coefficient (Wildman–Crippen LogP) is 2.94. The topological polar surface area (TPSA) is 76.4 Å². The average molecular weight is 405 g/mol.